The largest absolute Gasteiger partial charge is 0.356 e. The van der Waals surface area contributed by atoms with Crippen LogP contribution in [-0.2, 0) is 0 Å². The lowest BCUT2D eigenvalue weighted by Crippen LogP contribution is -1.91. The molecule has 0 aliphatic heterocycles. The summed E-state index contributed by atoms with van der Waals surface area (Å²) in [5.41, 5.74) is 9.48. The minimum Gasteiger partial charge on any atom is -0.356 e. The Morgan fingerprint density at radius 2 is 0.872 bits per heavy atom. The van der Waals surface area contributed by atoms with E-state index < -0.39 is 0 Å². The summed E-state index contributed by atoms with van der Waals surface area (Å²) < 4.78 is 0. The van der Waals surface area contributed by atoms with Gasteiger partial charge in [0.15, 0.2) is 0 Å². The van der Waals surface area contributed by atoms with E-state index in [0.29, 0.717) is 0 Å². The Hall–Kier alpha value is -5.14. The topological polar surface area (TPSA) is 12.0 Å². The summed E-state index contributed by atoms with van der Waals surface area (Å²) in [4.78, 5) is 0. The van der Waals surface area contributed by atoms with E-state index in [2.05, 4.69) is 163 Å². The lowest BCUT2D eigenvalue weighted by molar-refractivity contribution is 1.53. The Morgan fingerprint density at radius 3 is 1.64 bits per heavy atom. The van der Waals surface area contributed by atoms with Crippen molar-refractivity contribution < 1.29 is 0 Å². The molecule has 7 aromatic rings. The molecule has 0 saturated heterocycles. The number of benzene rings is 7. The fraction of sp³-hybridized carbons (Fsp3) is 0. The number of anilines is 2. The zero-order valence-electron chi connectivity index (χ0n) is 21.5. The highest BCUT2D eigenvalue weighted by molar-refractivity contribution is 6.13. The van der Waals surface area contributed by atoms with Crippen molar-refractivity contribution in [1.82, 2.24) is 0 Å². The first kappa shape index (κ1) is 23.0. The van der Waals surface area contributed by atoms with Gasteiger partial charge in [-0.1, -0.05) is 127 Å². The van der Waals surface area contributed by atoms with Gasteiger partial charge in [-0.15, -0.1) is 0 Å². The molecule has 0 heterocycles. The van der Waals surface area contributed by atoms with Crippen molar-refractivity contribution in [3.05, 3.63) is 158 Å². The molecule has 7 aromatic carbocycles. The highest BCUT2D eigenvalue weighted by atomic mass is 14.9. The van der Waals surface area contributed by atoms with Gasteiger partial charge >= 0.3 is 0 Å². The van der Waals surface area contributed by atoms with Crippen LogP contribution in [0.4, 0.5) is 11.4 Å². The smallest absolute Gasteiger partial charge is 0.0390 e. The van der Waals surface area contributed by atoms with Gasteiger partial charge in [0.1, 0.15) is 0 Å². The molecule has 39 heavy (non-hydrogen) atoms. The van der Waals surface area contributed by atoms with Gasteiger partial charge in [0, 0.05) is 11.4 Å². The van der Waals surface area contributed by atoms with Gasteiger partial charge < -0.3 is 5.32 Å². The average Bonchev–Trinajstić information content (AvgIpc) is 3.02. The van der Waals surface area contributed by atoms with E-state index in [1.165, 1.54) is 54.9 Å². The first-order valence-corrected chi connectivity index (χ1v) is 13.4. The summed E-state index contributed by atoms with van der Waals surface area (Å²) in [7, 11) is 0. The number of hydrogen-bond donors (Lipinski definition) is 1. The van der Waals surface area contributed by atoms with Gasteiger partial charge in [0.25, 0.3) is 0 Å². The minimum absolute atomic E-state index is 1.07. The van der Waals surface area contributed by atoms with Gasteiger partial charge in [0.05, 0.1) is 0 Å². The predicted molar refractivity (Wildman–Crippen MR) is 167 cm³/mol. The SMILES string of the molecule is c1ccc(-c2ccc(-c3cccc(Nc4ccc(-c5cc6ccccc6c6ccccc56)cc4)c3)cc2)cc1. The van der Waals surface area contributed by atoms with Crippen molar-refractivity contribution >= 4 is 32.9 Å². The maximum Gasteiger partial charge on any atom is 0.0390 e. The fourth-order valence-corrected chi connectivity index (χ4v) is 5.46. The number of nitrogens with one attached hydrogen (secondary N) is 1. The van der Waals surface area contributed by atoms with E-state index in [4.69, 9.17) is 0 Å². The van der Waals surface area contributed by atoms with E-state index in [1.807, 2.05) is 0 Å². The van der Waals surface area contributed by atoms with Crippen LogP contribution in [0.15, 0.2) is 158 Å². The van der Waals surface area contributed by atoms with E-state index in [0.717, 1.165) is 11.4 Å². The van der Waals surface area contributed by atoms with Crippen molar-refractivity contribution in [1.29, 1.82) is 0 Å². The predicted octanol–water partition coefficient (Wildman–Crippen LogP) is 10.7. The van der Waals surface area contributed by atoms with Crippen molar-refractivity contribution in [3.63, 3.8) is 0 Å². The normalized spacial score (nSPS) is 11.1. The zero-order chi connectivity index (χ0) is 26.0. The molecule has 0 spiro atoms. The summed E-state index contributed by atoms with van der Waals surface area (Å²) >= 11 is 0. The van der Waals surface area contributed by atoms with Crippen LogP contribution in [0.2, 0.25) is 0 Å². The van der Waals surface area contributed by atoms with Gasteiger partial charge in [-0.2, -0.15) is 0 Å². The molecule has 0 saturated carbocycles. The summed E-state index contributed by atoms with van der Waals surface area (Å²) in [6.07, 6.45) is 0. The van der Waals surface area contributed by atoms with Crippen molar-refractivity contribution in [2.45, 2.75) is 0 Å². The molecule has 0 amide bonds. The van der Waals surface area contributed by atoms with Gasteiger partial charge in [-0.3, -0.25) is 0 Å². The van der Waals surface area contributed by atoms with Gasteiger partial charge in [-0.25, -0.2) is 0 Å². The second-order valence-electron chi connectivity index (χ2n) is 9.92. The Bertz CT molecular complexity index is 1900. The third kappa shape index (κ3) is 4.56. The quantitative estimate of drug-likeness (QED) is 0.233. The fourth-order valence-electron chi connectivity index (χ4n) is 5.46. The maximum atomic E-state index is 3.60. The van der Waals surface area contributed by atoms with Crippen LogP contribution in [0.1, 0.15) is 0 Å². The molecule has 184 valence electrons. The van der Waals surface area contributed by atoms with Crippen LogP contribution in [0.5, 0.6) is 0 Å². The minimum atomic E-state index is 1.07. The average molecular weight is 498 g/mol. The number of rotatable bonds is 5. The molecule has 1 heteroatoms. The second kappa shape index (κ2) is 9.96. The van der Waals surface area contributed by atoms with E-state index in [1.54, 1.807) is 0 Å². The first-order valence-electron chi connectivity index (χ1n) is 13.4. The molecular formula is C38H27N. The summed E-state index contributed by atoms with van der Waals surface area (Å²) in [5, 5.41) is 8.73. The second-order valence-corrected chi connectivity index (χ2v) is 9.92. The van der Waals surface area contributed by atoms with Gasteiger partial charge in [0.2, 0.25) is 0 Å². The Labute approximate surface area is 229 Å². The molecule has 0 aliphatic rings. The molecule has 0 bridgehead atoms. The van der Waals surface area contributed by atoms with E-state index >= 15 is 0 Å². The van der Waals surface area contributed by atoms with E-state index in [9.17, 15) is 0 Å². The van der Waals surface area contributed by atoms with Crippen LogP contribution in [-0.4, -0.2) is 0 Å². The molecule has 0 fully saturated rings. The van der Waals surface area contributed by atoms with E-state index in [-0.39, 0.29) is 0 Å². The Morgan fingerprint density at radius 1 is 0.308 bits per heavy atom. The van der Waals surface area contributed by atoms with Crippen LogP contribution in [0.25, 0.3) is 54.9 Å². The third-order valence-corrected chi connectivity index (χ3v) is 7.44. The standard InChI is InChI=1S/C38H27N/c1-2-9-27(10-3-1)28-17-19-29(20-18-28)31-12-8-13-34(25-31)39-33-23-21-30(22-24-33)38-26-32-11-4-5-14-35(32)36-15-6-7-16-37(36)38/h1-26,39H. The molecule has 0 aromatic heterocycles. The maximum absolute atomic E-state index is 3.60. The number of hydrogen-bond acceptors (Lipinski definition) is 1. The molecule has 0 aliphatic carbocycles. The van der Waals surface area contributed by atoms with Crippen LogP contribution in [0, 0.1) is 0 Å². The summed E-state index contributed by atoms with van der Waals surface area (Å²) in [6.45, 7) is 0. The Kier molecular flexibility index (Phi) is 5.88. The molecule has 0 atom stereocenters. The molecule has 1 N–H and O–H groups in total. The van der Waals surface area contributed by atoms with Crippen LogP contribution < -0.4 is 5.32 Å². The first-order chi connectivity index (χ1) is 19.3. The van der Waals surface area contributed by atoms with Crippen molar-refractivity contribution in [2.75, 3.05) is 5.32 Å². The zero-order valence-corrected chi connectivity index (χ0v) is 21.5. The lowest BCUT2D eigenvalue weighted by Gasteiger charge is -2.13. The molecule has 0 unspecified atom stereocenters. The molecule has 1 nitrogen and oxygen atoms in total. The third-order valence-electron chi connectivity index (χ3n) is 7.44. The highest BCUT2D eigenvalue weighted by Gasteiger charge is 2.09. The lowest BCUT2D eigenvalue weighted by atomic mass is 9.93. The van der Waals surface area contributed by atoms with Crippen molar-refractivity contribution in [2.24, 2.45) is 0 Å². The summed E-state index contributed by atoms with van der Waals surface area (Å²) in [6, 6.07) is 56.3. The summed E-state index contributed by atoms with van der Waals surface area (Å²) in [5.74, 6) is 0. The molecule has 0 radical (unpaired) electrons. The van der Waals surface area contributed by atoms with Crippen molar-refractivity contribution in [3.8, 4) is 33.4 Å². The monoisotopic (exact) mass is 497 g/mol. The molecule has 7 rings (SSSR count). The number of fused-ring (bicyclic) bond motifs is 3. The Balaban J connectivity index is 1.15. The van der Waals surface area contributed by atoms with Gasteiger partial charge in [-0.05, 0) is 85.3 Å². The van der Waals surface area contributed by atoms with Crippen LogP contribution in [0.3, 0.4) is 0 Å². The highest BCUT2D eigenvalue weighted by Crippen LogP contribution is 2.35. The molecular weight excluding hydrogens is 470 g/mol. The van der Waals surface area contributed by atoms with Crippen LogP contribution >= 0.6 is 0 Å².